The Morgan fingerprint density at radius 3 is 2.86 bits per heavy atom. The summed E-state index contributed by atoms with van der Waals surface area (Å²) >= 11 is 0. The number of nitrogens with two attached hydrogens (primary N) is 2. The fourth-order valence-corrected chi connectivity index (χ4v) is 0.876. The summed E-state index contributed by atoms with van der Waals surface area (Å²) in [6.45, 7) is 0.846. The molecule has 0 radical (unpaired) electrons. The zero-order chi connectivity index (χ0) is 9.68. The second kappa shape index (κ2) is 6.17. The minimum atomic E-state index is -0.240. The first-order valence-corrected chi connectivity index (χ1v) is 3.93. The van der Waals surface area contributed by atoms with Crippen molar-refractivity contribution in [2.24, 2.45) is 5.73 Å². The van der Waals surface area contributed by atoms with Gasteiger partial charge in [-0.15, -0.1) is 12.4 Å². The summed E-state index contributed by atoms with van der Waals surface area (Å²) in [5.74, 6) is -0.240. The minimum Gasteiger partial charge on any atom is -0.398 e. The standard InChI is InChI=1S/C8H12N4O.ClH/c9-2-4-12-8(13)6-5-11-3-1-7(6)10;/h1,3,5H,2,4,9H2,(H2,10,11)(H,12,13);1H. The maximum atomic E-state index is 11.3. The zero-order valence-electron chi connectivity index (χ0n) is 7.56. The van der Waals surface area contributed by atoms with Crippen LogP contribution in [0.25, 0.3) is 0 Å². The number of halogens is 1. The number of nitrogens with zero attached hydrogens (tertiary/aromatic N) is 1. The third-order valence-corrected chi connectivity index (χ3v) is 1.53. The second-order valence-corrected chi connectivity index (χ2v) is 2.51. The summed E-state index contributed by atoms with van der Waals surface area (Å²) in [5, 5.41) is 2.61. The summed E-state index contributed by atoms with van der Waals surface area (Å²) in [4.78, 5) is 15.1. The molecule has 0 atom stereocenters. The minimum absolute atomic E-state index is 0. The number of amides is 1. The Morgan fingerprint density at radius 2 is 2.29 bits per heavy atom. The van der Waals surface area contributed by atoms with E-state index in [1.54, 1.807) is 6.07 Å². The first kappa shape index (κ1) is 12.7. The van der Waals surface area contributed by atoms with Crippen LogP contribution < -0.4 is 16.8 Å². The fourth-order valence-electron chi connectivity index (χ4n) is 0.876. The van der Waals surface area contributed by atoms with Crippen LogP contribution in [-0.2, 0) is 0 Å². The summed E-state index contributed by atoms with van der Waals surface area (Å²) in [6, 6.07) is 1.58. The van der Waals surface area contributed by atoms with E-state index < -0.39 is 0 Å². The van der Waals surface area contributed by atoms with E-state index in [1.165, 1.54) is 12.4 Å². The van der Waals surface area contributed by atoms with Crippen molar-refractivity contribution in [2.45, 2.75) is 0 Å². The van der Waals surface area contributed by atoms with E-state index >= 15 is 0 Å². The molecule has 0 aliphatic carbocycles. The van der Waals surface area contributed by atoms with Crippen molar-refractivity contribution in [3.05, 3.63) is 24.0 Å². The van der Waals surface area contributed by atoms with Crippen LogP contribution in [0.2, 0.25) is 0 Å². The number of nitrogens with one attached hydrogen (secondary N) is 1. The Morgan fingerprint density at radius 1 is 1.57 bits per heavy atom. The zero-order valence-corrected chi connectivity index (χ0v) is 8.38. The highest BCUT2D eigenvalue weighted by Gasteiger charge is 2.07. The summed E-state index contributed by atoms with van der Waals surface area (Å²) in [5.41, 5.74) is 11.6. The van der Waals surface area contributed by atoms with E-state index in [-0.39, 0.29) is 18.3 Å². The lowest BCUT2D eigenvalue weighted by molar-refractivity contribution is 0.0955. The first-order chi connectivity index (χ1) is 6.25. The van der Waals surface area contributed by atoms with E-state index in [2.05, 4.69) is 10.3 Å². The first-order valence-electron chi connectivity index (χ1n) is 3.93. The van der Waals surface area contributed by atoms with Gasteiger partial charge in [-0.1, -0.05) is 0 Å². The van der Waals surface area contributed by atoms with Gasteiger partial charge in [0.15, 0.2) is 0 Å². The van der Waals surface area contributed by atoms with Gasteiger partial charge in [0, 0.05) is 31.2 Å². The largest absolute Gasteiger partial charge is 0.398 e. The van der Waals surface area contributed by atoms with Crippen LogP contribution in [0.4, 0.5) is 5.69 Å². The molecule has 0 saturated heterocycles. The molecule has 1 amide bonds. The van der Waals surface area contributed by atoms with E-state index in [0.717, 1.165) is 0 Å². The Bertz CT molecular complexity index is 305. The lowest BCUT2D eigenvalue weighted by Gasteiger charge is -2.04. The molecular formula is C8H13ClN4O. The maximum Gasteiger partial charge on any atom is 0.254 e. The number of anilines is 1. The van der Waals surface area contributed by atoms with Crippen molar-refractivity contribution >= 4 is 24.0 Å². The number of pyridine rings is 1. The summed E-state index contributed by atoms with van der Waals surface area (Å²) in [6.07, 6.45) is 2.97. The molecule has 0 spiro atoms. The second-order valence-electron chi connectivity index (χ2n) is 2.51. The van der Waals surface area contributed by atoms with Crippen molar-refractivity contribution in [2.75, 3.05) is 18.8 Å². The molecule has 5 nitrogen and oxygen atoms in total. The highest BCUT2D eigenvalue weighted by Crippen LogP contribution is 2.07. The van der Waals surface area contributed by atoms with Gasteiger partial charge >= 0.3 is 0 Å². The third-order valence-electron chi connectivity index (χ3n) is 1.53. The van der Waals surface area contributed by atoms with Gasteiger partial charge in [-0.05, 0) is 6.07 Å². The third kappa shape index (κ3) is 3.20. The number of carbonyl (C=O) groups is 1. The van der Waals surface area contributed by atoms with E-state index in [9.17, 15) is 4.79 Å². The number of nitrogen functional groups attached to an aromatic ring is 1. The Kier molecular flexibility index (Phi) is 5.59. The predicted octanol–water partition coefficient (Wildman–Crippen LogP) is -0.226. The number of rotatable bonds is 3. The van der Waals surface area contributed by atoms with Gasteiger partial charge in [0.1, 0.15) is 0 Å². The van der Waals surface area contributed by atoms with Gasteiger partial charge in [-0.2, -0.15) is 0 Å². The van der Waals surface area contributed by atoms with Crippen molar-refractivity contribution in [3.8, 4) is 0 Å². The van der Waals surface area contributed by atoms with Crippen LogP contribution in [0.15, 0.2) is 18.5 Å². The molecule has 1 aromatic heterocycles. The smallest absolute Gasteiger partial charge is 0.254 e. The number of hydrogen-bond donors (Lipinski definition) is 3. The van der Waals surface area contributed by atoms with Crippen molar-refractivity contribution < 1.29 is 4.79 Å². The topological polar surface area (TPSA) is 94.0 Å². The molecule has 5 N–H and O–H groups in total. The van der Waals surface area contributed by atoms with E-state index in [4.69, 9.17) is 11.5 Å². The highest BCUT2D eigenvalue weighted by atomic mass is 35.5. The quantitative estimate of drug-likeness (QED) is 0.651. The van der Waals surface area contributed by atoms with Crippen LogP contribution in [-0.4, -0.2) is 24.0 Å². The molecule has 0 aliphatic heterocycles. The van der Waals surface area contributed by atoms with Crippen molar-refractivity contribution in [3.63, 3.8) is 0 Å². The van der Waals surface area contributed by atoms with Gasteiger partial charge in [-0.3, -0.25) is 9.78 Å². The normalized spacial score (nSPS) is 8.93. The average molecular weight is 217 g/mol. The lowest BCUT2D eigenvalue weighted by Crippen LogP contribution is -2.29. The van der Waals surface area contributed by atoms with Crippen LogP contribution in [0.5, 0.6) is 0 Å². The van der Waals surface area contributed by atoms with E-state index in [0.29, 0.717) is 24.3 Å². The van der Waals surface area contributed by atoms with Gasteiger partial charge in [0.25, 0.3) is 5.91 Å². The Labute approximate surface area is 88.3 Å². The van der Waals surface area contributed by atoms with Crippen molar-refractivity contribution in [1.29, 1.82) is 0 Å². The van der Waals surface area contributed by atoms with Crippen LogP contribution in [0.3, 0.4) is 0 Å². The molecule has 1 rings (SSSR count). The highest BCUT2D eigenvalue weighted by molar-refractivity contribution is 5.98. The maximum absolute atomic E-state index is 11.3. The molecule has 0 fully saturated rings. The monoisotopic (exact) mass is 216 g/mol. The number of carbonyl (C=O) groups excluding carboxylic acids is 1. The molecule has 0 aromatic carbocycles. The Balaban J connectivity index is 0.00000169. The molecule has 1 aromatic rings. The fraction of sp³-hybridized carbons (Fsp3) is 0.250. The Hall–Kier alpha value is -1.33. The molecular weight excluding hydrogens is 204 g/mol. The molecule has 14 heavy (non-hydrogen) atoms. The van der Waals surface area contributed by atoms with Gasteiger partial charge in [0.2, 0.25) is 0 Å². The molecule has 0 aliphatic rings. The molecule has 0 unspecified atom stereocenters. The van der Waals surface area contributed by atoms with Crippen LogP contribution in [0.1, 0.15) is 10.4 Å². The molecule has 0 bridgehead atoms. The lowest BCUT2D eigenvalue weighted by atomic mass is 10.2. The van der Waals surface area contributed by atoms with Crippen molar-refractivity contribution in [1.82, 2.24) is 10.3 Å². The number of hydrogen-bond acceptors (Lipinski definition) is 4. The van der Waals surface area contributed by atoms with Gasteiger partial charge < -0.3 is 16.8 Å². The number of aromatic nitrogens is 1. The van der Waals surface area contributed by atoms with E-state index in [1.807, 2.05) is 0 Å². The summed E-state index contributed by atoms with van der Waals surface area (Å²) in [7, 11) is 0. The van der Waals surface area contributed by atoms with Crippen LogP contribution in [0, 0.1) is 0 Å². The summed E-state index contributed by atoms with van der Waals surface area (Å²) < 4.78 is 0. The molecule has 78 valence electrons. The predicted molar refractivity (Wildman–Crippen MR) is 57.3 cm³/mol. The molecule has 1 heterocycles. The molecule has 6 heteroatoms. The average Bonchev–Trinajstić information content (AvgIpc) is 2.15. The van der Waals surface area contributed by atoms with Gasteiger partial charge in [-0.25, -0.2) is 0 Å². The van der Waals surface area contributed by atoms with Crippen LogP contribution >= 0.6 is 12.4 Å². The van der Waals surface area contributed by atoms with Gasteiger partial charge in [0.05, 0.1) is 5.56 Å². The molecule has 0 saturated carbocycles. The SMILES string of the molecule is Cl.NCCNC(=O)c1cnccc1N.